The van der Waals surface area contributed by atoms with Crippen molar-refractivity contribution in [2.75, 3.05) is 25.4 Å². The molecule has 218 valence electrons. The normalized spacial score (nSPS) is 17.8. The van der Waals surface area contributed by atoms with Gasteiger partial charge in [0.2, 0.25) is 11.8 Å². The summed E-state index contributed by atoms with van der Waals surface area (Å²) >= 11 is 0. The van der Waals surface area contributed by atoms with Gasteiger partial charge in [-0.1, -0.05) is 61.2 Å². The number of nitrogens with one attached hydrogen (secondary N) is 3. The van der Waals surface area contributed by atoms with E-state index < -0.39 is 12.0 Å². The second-order valence-electron chi connectivity index (χ2n) is 11.4. The Bertz CT molecular complexity index is 1130. The molecule has 8 nitrogen and oxygen atoms in total. The fraction of sp³-hybridized carbons (Fsp3) is 0.516. The number of anilines is 1. The highest BCUT2D eigenvalue weighted by molar-refractivity contribution is 5.91. The van der Waals surface area contributed by atoms with Crippen molar-refractivity contribution < 1.29 is 9.59 Å². The molecule has 2 fully saturated rings. The summed E-state index contributed by atoms with van der Waals surface area (Å²) < 4.78 is 0. The number of likely N-dealkylation sites (tertiary alicyclic amines) is 1. The van der Waals surface area contributed by atoms with E-state index in [0.29, 0.717) is 24.6 Å². The van der Waals surface area contributed by atoms with Crippen LogP contribution in [0.3, 0.4) is 0 Å². The van der Waals surface area contributed by atoms with Gasteiger partial charge in [-0.3, -0.25) is 15.0 Å². The SMILES string of the molecule is Cc1cccc(C(Cc2ccc(N)cc2)C(=O)N[C@H](C(=O)NCC2CCN(C(=N)N)CC2)C2CCCCC2)c1.Cl. The average molecular weight is 569 g/mol. The van der Waals surface area contributed by atoms with Gasteiger partial charge in [-0.2, -0.15) is 0 Å². The van der Waals surface area contributed by atoms with E-state index in [4.69, 9.17) is 16.9 Å². The van der Waals surface area contributed by atoms with Crippen molar-refractivity contribution in [2.24, 2.45) is 17.6 Å². The summed E-state index contributed by atoms with van der Waals surface area (Å²) in [4.78, 5) is 29.4. The van der Waals surface area contributed by atoms with Crippen LogP contribution in [0.5, 0.6) is 0 Å². The molecule has 1 saturated heterocycles. The number of halogens is 1. The number of carbonyl (C=O) groups excluding carboxylic acids is 2. The van der Waals surface area contributed by atoms with E-state index in [2.05, 4.69) is 16.7 Å². The van der Waals surface area contributed by atoms with Crippen molar-refractivity contribution in [1.82, 2.24) is 15.5 Å². The van der Waals surface area contributed by atoms with Crippen LogP contribution in [0.4, 0.5) is 5.69 Å². The molecule has 2 amide bonds. The second-order valence-corrected chi connectivity index (χ2v) is 11.4. The Balaban J connectivity index is 0.00000441. The smallest absolute Gasteiger partial charge is 0.242 e. The standard InChI is InChI=1S/C31H44N6O2.ClH/c1-21-6-5-9-25(18-21)27(19-22-10-12-26(32)13-11-22)29(38)36-28(24-7-3-2-4-8-24)30(39)35-20-23-14-16-37(17-15-23)31(33)34;/h5-6,9-13,18,23-24,27-28H,2-4,7-8,14-17,19-20,32H2,1H3,(H3,33,34)(H,35,39)(H,36,38);1H/t27?,28-;/m0./s1. The number of nitrogens with two attached hydrogens (primary N) is 2. The van der Waals surface area contributed by atoms with Crippen molar-refractivity contribution in [2.45, 2.75) is 70.3 Å². The van der Waals surface area contributed by atoms with Crippen LogP contribution in [-0.2, 0) is 16.0 Å². The number of nitrogen functional groups attached to an aromatic ring is 1. The number of amides is 2. The van der Waals surface area contributed by atoms with Gasteiger partial charge in [0, 0.05) is 25.3 Å². The first kappa shape index (κ1) is 31.3. The zero-order valence-corrected chi connectivity index (χ0v) is 24.3. The Labute approximate surface area is 244 Å². The molecule has 0 spiro atoms. The van der Waals surface area contributed by atoms with Crippen molar-refractivity contribution in [3.63, 3.8) is 0 Å². The number of rotatable bonds is 9. The number of hydrogen-bond donors (Lipinski definition) is 5. The summed E-state index contributed by atoms with van der Waals surface area (Å²) in [6, 6.07) is 15.2. The highest BCUT2D eigenvalue weighted by Crippen LogP contribution is 2.29. The van der Waals surface area contributed by atoms with Crippen LogP contribution in [0.15, 0.2) is 48.5 Å². The maximum atomic E-state index is 13.9. The maximum Gasteiger partial charge on any atom is 0.242 e. The van der Waals surface area contributed by atoms with Crippen LogP contribution in [0.2, 0.25) is 0 Å². The minimum atomic E-state index is -0.547. The monoisotopic (exact) mass is 568 g/mol. The van der Waals surface area contributed by atoms with Gasteiger partial charge >= 0.3 is 0 Å². The van der Waals surface area contributed by atoms with Crippen molar-refractivity contribution in [3.8, 4) is 0 Å². The zero-order chi connectivity index (χ0) is 27.8. The third-order valence-electron chi connectivity index (χ3n) is 8.40. The number of nitrogens with zero attached hydrogens (tertiary/aromatic N) is 1. The lowest BCUT2D eigenvalue weighted by atomic mass is 9.82. The molecule has 2 atom stereocenters. The van der Waals surface area contributed by atoms with E-state index in [-0.39, 0.29) is 36.1 Å². The molecule has 7 N–H and O–H groups in total. The minimum Gasteiger partial charge on any atom is -0.399 e. The van der Waals surface area contributed by atoms with E-state index in [1.165, 1.54) is 6.42 Å². The topological polar surface area (TPSA) is 137 Å². The molecule has 0 radical (unpaired) electrons. The van der Waals surface area contributed by atoms with E-state index in [9.17, 15) is 9.59 Å². The Morgan fingerprint density at radius 3 is 2.30 bits per heavy atom. The van der Waals surface area contributed by atoms with Crippen LogP contribution in [0, 0.1) is 24.2 Å². The molecular formula is C31H45ClN6O2. The summed E-state index contributed by atoms with van der Waals surface area (Å²) in [5, 5.41) is 14.0. The van der Waals surface area contributed by atoms with Gasteiger partial charge in [0.1, 0.15) is 6.04 Å². The quantitative estimate of drug-likeness (QED) is 0.176. The van der Waals surface area contributed by atoms with Crippen LogP contribution >= 0.6 is 12.4 Å². The van der Waals surface area contributed by atoms with E-state index >= 15 is 0 Å². The van der Waals surface area contributed by atoms with Crippen LogP contribution in [0.1, 0.15) is 67.6 Å². The highest BCUT2D eigenvalue weighted by atomic mass is 35.5. The third-order valence-corrected chi connectivity index (χ3v) is 8.40. The van der Waals surface area contributed by atoms with Gasteiger partial charge in [-0.05, 0) is 74.1 Å². The van der Waals surface area contributed by atoms with Crippen molar-refractivity contribution in [1.29, 1.82) is 5.41 Å². The zero-order valence-electron chi connectivity index (χ0n) is 23.5. The molecule has 0 bridgehead atoms. The highest BCUT2D eigenvalue weighted by Gasteiger charge is 2.34. The first-order valence-electron chi connectivity index (χ1n) is 14.4. The van der Waals surface area contributed by atoms with Gasteiger partial charge in [0.25, 0.3) is 0 Å². The minimum absolute atomic E-state index is 0. The number of carbonyl (C=O) groups is 2. The molecule has 1 saturated carbocycles. The fourth-order valence-electron chi connectivity index (χ4n) is 5.99. The first-order chi connectivity index (χ1) is 18.8. The van der Waals surface area contributed by atoms with Crippen LogP contribution in [-0.4, -0.2) is 48.3 Å². The molecule has 4 rings (SSSR count). The Kier molecular flexibility index (Phi) is 11.7. The van der Waals surface area contributed by atoms with Gasteiger partial charge in [0.05, 0.1) is 5.92 Å². The lowest BCUT2D eigenvalue weighted by molar-refractivity contribution is -0.131. The molecule has 0 aromatic heterocycles. The average Bonchev–Trinajstić information content (AvgIpc) is 2.95. The fourth-order valence-corrected chi connectivity index (χ4v) is 5.99. The summed E-state index contributed by atoms with van der Waals surface area (Å²) in [5.74, 6) is -0.0181. The molecule has 1 unspecified atom stereocenters. The van der Waals surface area contributed by atoms with Gasteiger partial charge < -0.3 is 27.0 Å². The molecule has 40 heavy (non-hydrogen) atoms. The van der Waals surface area contributed by atoms with Crippen LogP contribution in [0.25, 0.3) is 0 Å². The number of piperidine rings is 1. The van der Waals surface area contributed by atoms with Gasteiger partial charge in [-0.15, -0.1) is 12.4 Å². The number of benzene rings is 2. The van der Waals surface area contributed by atoms with Gasteiger partial charge in [-0.25, -0.2) is 0 Å². The lowest BCUT2D eigenvalue weighted by Gasteiger charge is -2.34. The predicted molar refractivity (Wildman–Crippen MR) is 163 cm³/mol. The number of hydrogen-bond acceptors (Lipinski definition) is 4. The van der Waals surface area contributed by atoms with Crippen molar-refractivity contribution >= 4 is 35.9 Å². The molecule has 2 aromatic carbocycles. The summed E-state index contributed by atoms with van der Waals surface area (Å²) in [7, 11) is 0. The Morgan fingerprint density at radius 1 is 1.00 bits per heavy atom. The Morgan fingerprint density at radius 2 is 1.68 bits per heavy atom. The molecular weight excluding hydrogens is 524 g/mol. The van der Waals surface area contributed by atoms with E-state index in [0.717, 1.165) is 68.3 Å². The lowest BCUT2D eigenvalue weighted by Crippen LogP contribution is -2.53. The second kappa shape index (κ2) is 14.9. The summed E-state index contributed by atoms with van der Waals surface area (Å²) in [5.41, 5.74) is 15.3. The largest absolute Gasteiger partial charge is 0.399 e. The molecule has 1 aliphatic heterocycles. The summed E-state index contributed by atoms with van der Waals surface area (Å²) in [6.07, 6.45) is 7.54. The number of aryl methyl sites for hydroxylation is 1. The van der Waals surface area contributed by atoms with E-state index in [1.54, 1.807) is 0 Å². The molecule has 9 heteroatoms. The maximum absolute atomic E-state index is 13.9. The molecule has 1 aliphatic carbocycles. The van der Waals surface area contributed by atoms with Crippen LogP contribution < -0.4 is 22.1 Å². The van der Waals surface area contributed by atoms with Gasteiger partial charge in [0.15, 0.2) is 5.96 Å². The van der Waals surface area contributed by atoms with Crippen molar-refractivity contribution in [3.05, 3.63) is 65.2 Å². The third kappa shape index (κ3) is 8.62. The molecule has 2 aromatic rings. The first-order valence-corrected chi connectivity index (χ1v) is 14.4. The number of guanidine groups is 1. The Hall–Kier alpha value is -3.26. The predicted octanol–water partition coefficient (Wildman–Crippen LogP) is 4.11. The molecule has 1 heterocycles. The summed E-state index contributed by atoms with van der Waals surface area (Å²) in [6.45, 7) is 4.08. The van der Waals surface area contributed by atoms with E-state index in [1.807, 2.05) is 54.3 Å². The molecule has 2 aliphatic rings.